The number of rotatable bonds is 3. The average molecular weight is 212 g/mol. The molecule has 3 heteroatoms. The first-order valence-corrected chi connectivity index (χ1v) is 5.84. The Balaban J connectivity index is 1.84. The zero-order valence-corrected chi connectivity index (χ0v) is 9.58. The molecule has 0 aromatic rings. The van der Waals surface area contributed by atoms with E-state index in [2.05, 4.69) is 0 Å². The lowest BCUT2D eigenvalue weighted by atomic mass is 9.75. The largest absolute Gasteiger partial charge is 0.390 e. The molecule has 0 bridgehead atoms. The van der Waals surface area contributed by atoms with E-state index in [-0.39, 0.29) is 11.7 Å². The first-order chi connectivity index (χ1) is 6.93. The molecule has 0 amide bonds. The summed E-state index contributed by atoms with van der Waals surface area (Å²) in [5, 5.41) is 9.93. The van der Waals surface area contributed by atoms with E-state index in [9.17, 15) is 9.90 Å². The van der Waals surface area contributed by atoms with Gasteiger partial charge < -0.3 is 9.84 Å². The molecule has 1 N–H and O–H groups in total. The van der Waals surface area contributed by atoms with Crippen LogP contribution in [0.4, 0.5) is 0 Å². The van der Waals surface area contributed by atoms with Crippen LogP contribution in [0.5, 0.6) is 0 Å². The quantitative estimate of drug-likeness (QED) is 0.774. The molecular formula is C12H20O3. The minimum absolute atomic E-state index is 0.00428. The summed E-state index contributed by atoms with van der Waals surface area (Å²) in [6.07, 6.45) is 4.45. The second-order valence-electron chi connectivity index (χ2n) is 5.50. The van der Waals surface area contributed by atoms with E-state index in [1.54, 1.807) is 0 Å². The minimum Gasteiger partial charge on any atom is -0.390 e. The van der Waals surface area contributed by atoms with Gasteiger partial charge in [-0.15, -0.1) is 0 Å². The predicted molar refractivity (Wildman–Crippen MR) is 56.6 cm³/mol. The lowest BCUT2D eigenvalue weighted by Gasteiger charge is -2.37. The average Bonchev–Trinajstić information content (AvgIpc) is 2.37. The summed E-state index contributed by atoms with van der Waals surface area (Å²) < 4.78 is 5.45. The molecule has 1 unspecified atom stereocenters. The van der Waals surface area contributed by atoms with Crippen LogP contribution >= 0.6 is 0 Å². The van der Waals surface area contributed by atoms with Crippen molar-refractivity contribution in [2.45, 2.75) is 57.2 Å². The van der Waals surface area contributed by atoms with Crippen LogP contribution in [0.15, 0.2) is 0 Å². The van der Waals surface area contributed by atoms with Gasteiger partial charge in [0.25, 0.3) is 0 Å². The Labute approximate surface area is 90.8 Å². The molecule has 1 atom stereocenters. The van der Waals surface area contributed by atoms with Gasteiger partial charge in [0.2, 0.25) is 0 Å². The molecule has 2 aliphatic rings. The normalized spacial score (nSPS) is 32.7. The number of hydrogen-bond acceptors (Lipinski definition) is 3. The molecule has 2 rings (SSSR count). The molecule has 0 spiro atoms. The van der Waals surface area contributed by atoms with Crippen molar-refractivity contribution in [3.63, 3.8) is 0 Å². The van der Waals surface area contributed by atoms with Crippen LogP contribution in [0.2, 0.25) is 0 Å². The third kappa shape index (κ3) is 2.08. The first-order valence-electron chi connectivity index (χ1n) is 5.84. The fraction of sp³-hybridized carbons (Fsp3) is 0.917. The maximum absolute atomic E-state index is 11.8. The van der Waals surface area contributed by atoms with E-state index >= 15 is 0 Å². The van der Waals surface area contributed by atoms with Crippen LogP contribution < -0.4 is 0 Å². The van der Waals surface area contributed by atoms with Crippen molar-refractivity contribution >= 4 is 5.78 Å². The molecule has 3 nitrogen and oxygen atoms in total. The summed E-state index contributed by atoms with van der Waals surface area (Å²) in [7, 11) is 0. The van der Waals surface area contributed by atoms with Gasteiger partial charge >= 0.3 is 0 Å². The lowest BCUT2D eigenvalue weighted by Crippen LogP contribution is -2.38. The number of ether oxygens (including phenoxy) is 1. The Kier molecular flexibility index (Phi) is 2.63. The molecule has 1 aliphatic carbocycles. The van der Waals surface area contributed by atoms with E-state index in [1.165, 1.54) is 0 Å². The number of carbonyl (C=O) groups excluding carboxylic acids is 1. The zero-order chi connectivity index (χ0) is 11.1. The highest BCUT2D eigenvalue weighted by Crippen LogP contribution is 2.38. The molecule has 15 heavy (non-hydrogen) atoms. The van der Waals surface area contributed by atoms with Gasteiger partial charge in [-0.25, -0.2) is 0 Å². The summed E-state index contributed by atoms with van der Waals surface area (Å²) in [6.45, 7) is 4.18. The third-order valence-electron chi connectivity index (χ3n) is 3.85. The van der Waals surface area contributed by atoms with E-state index in [0.717, 1.165) is 32.1 Å². The van der Waals surface area contributed by atoms with Crippen molar-refractivity contribution in [1.29, 1.82) is 0 Å². The van der Waals surface area contributed by atoms with Crippen LogP contribution in [-0.4, -0.2) is 28.7 Å². The van der Waals surface area contributed by atoms with E-state index in [0.29, 0.717) is 6.61 Å². The molecule has 1 aliphatic heterocycles. The number of hydrogen-bond donors (Lipinski definition) is 1. The lowest BCUT2D eigenvalue weighted by molar-refractivity contribution is -0.130. The highest BCUT2D eigenvalue weighted by atomic mass is 16.5. The van der Waals surface area contributed by atoms with E-state index in [1.807, 2.05) is 13.8 Å². The van der Waals surface area contributed by atoms with Crippen LogP contribution in [-0.2, 0) is 9.53 Å². The SMILES string of the molecule is CC1(C)OCC(CCC2(O)CCC2)C1=O. The van der Waals surface area contributed by atoms with Crippen molar-refractivity contribution in [2.24, 2.45) is 5.92 Å². The summed E-state index contributed by atoms with van der Waals surface area (Å²) in [5.74, 6) is 0.204. The van der Waals surface area contributed by atoms with Gasteiger partial charge in [-0.1, -0.05) is 0 Å². The standard InChI is InChI=1S/C12H20O3/c1-11(2)10(13)9(8-15-11)4-7-12(14)5-3-6-12/h9,14H,3-8H2,1-2H3. The van der Waals surface area contributed by atoms with Crippen LogP contribution in [0.1, 0.15) is 46.0 Å². The molecule has 0 aromatic carbocycles. The van der Waals surface area contributed by atoms with Crippen LogP contribution in [0.25, 0.3) is 0 Å². The Hall–Kier alpha value is -0.410. The fourth-order valence-electron chi connectivity index (χ4n) is 2.44. The predicted octanol–water partition coefficient (Wildman–Crippen LogP) is 1.68. The number of aliphatic hydroxyl groups is 1. The highest BCUT2D eigenvalue weighted by Gasteiger charge is 2.43. The Morgan fingerprint density at radius 2 is 2.13 bits per heavy atom. The van der Waals surface area contributed by atoms with Crippen LogP contribution in [0.3, 0.4) is 0 Å². The monoisotopic (exact) mass is 212 g/mol. The molecule has 1 saturated heterocycles. The first kappa shape index (κ1) is 11.1. The third-order valence-corrected chi connectivity index (χ3v) is 3.85. The zero-order valence-electron chi connectivity index (χ0n) is 9.58. The van der Waals surface area contributed by atoms with Crippen molar-refractivity contribution in [3.8, 4) is 0 Å². The Bertz CT molecular complexity index is 266. The number of carbonyl (C=O) groups is 1. The van der Waals surface area contributed by atoms with Gasteiger partial charge in [-0.2, -0.15) is 0 Å². The smallest absolute Gasteiger partial charge is 0.169 e. The van der Waals surface area contributed by atoms with Crippen molar-refractivity contribution in [1.82, 2.24) is 0 Å². The molecule has 2 fully saturated rings. The topological polar surface area (TPSA) is 46.5 Å². The van der Waals surface area contributed by atoms with Gasteiger partial charge in [0, 0.05) is 5.92 Å². The molecule has 0 radical (unpaired) electrons. The number of ketones is 1. The molecular weight excluding hydrogens is 192 g/mol. The molecule has 86 valence electrons. The van der Waals surface area contributed by atoms with Gasteiger partial charge in [-0.05, 0) is 46.0 Å². The van der Waals surface area contributed by atoms with Gasteiger partial charge in [0.15, 0.2) is 5.78 Å². The van der Waals surface area contributed by atoms with E-state index < -0.39 is 11.2 Å². The fourth-order valence-corrected chi connectivity index (χ4v) is 2.44. The molecule has 1 heterocycles. The summed E-state index contributed by atoms with van der Waals surface area (Å²) in [4.78, 5) is 11.8. The summed E-state index contributed by atoms with van der Waals surface area (Å²) in [5.41, 5.74) is -1.07. The maximum atomic E-state index is 11.8. The Morgan fingerprint density at radius 3 is 2.53 bits per heavy atom. The minimum atomic E-state index is -0.604. The molecule has 0 aromatic heterocycles. The second-order valence-corrected chi connectivity index (χ2v) is 5.50. The molecule has 1 saturated carbocycles. The summed E-state index contributed by atoms with van der Waals surface area (Å²) >= 11 is 0. The van der Waals surface area contributed by atoms with E-state index in [4.69, 9.17) is 4.74 Å². The van der Waals surface area contributed by atoms with Gasteiger partial charge in [0.1, 0.15) is 5.60 Å². The number of Topliss-reactive ketones (excluding diaryl/α,β-unsaturated/α-hetero) is 1. The van der Waals surface area contributed by atoms with Crippen molar-refractivity contribution in [2.75, 3.05) is 6.61 Å². The van der Waals surface area contributed by atoms with Crippen molar-refractivity contribution in [3.05, 3.63) is 0 Å². The van der Waals surface area contributed by atoms with Gasteiger partial charge in [-0.3, -0.25) is 4.79 Å². The van der Waals surface area contributed by atoms with Gasteiger partial charge in [0.05, 0.1) is 12.2 Å². The maximum Gasteiger partial charge on any atom is 0.169 e. The second kappa shape index (κ2) is 3.56. The summed E-state index contributed by atoms with van der Waals surface area (Å²) in [6, 6.07) is 0. The Morgan fingerprint density at radius 1 is 1.47 bits per heavy atom. The van der Waals surface area contributed by atoms with Crippen LogP contribution in [0, 0.1) is 5.92 Å². The van der Waals surface area contributed by atoms with Crippen molar-refractivity contribution < 1.29 is 14.6 Å². The highest BCUT2D eigenvalue weighted by molar-refractivity contribution is 5.90.